The van der Waals surface area contributed by atoms with Gasteiger partial charge in [-0.1, -0.05) is 25.1 Å². The van der Waals surface area contributed by atoms with Crippen LogP contribution in [-0.4, -0.2) is 52.7 Å². The molecule has 138 valence electrons. The molecule has 1 saturated heterocycles. The molecule has 1 aromatic carbocycles. The summed E-state index contributed by atoms with van der Waals surface area (Å²) in [6, 6.07) is 10.3. The molecular formula is C19H26N6O. The summed E-state index contributed by atoms with van der Waals surface area (Å²) in [5.74, 6) is 0.960. The zero-order valence-electron chi connectivity index (χ0n) is 15.4. The number of amides is 1. The number of nitrogens with zero attached hydrogens (tertiary/aromatic N) is 4. The third-order valence-corrected chi connectivity index (χ3v) is 4.60. The Morgan fingerprint density at radius 1 is 1.35 bits per heavy atom. The number of para-hydroxylation sites is 1. The van der Waals surface area contributed by atoms with E-state index in [1.54, 1.807) is 13.2 Å². The molecule has 1 fully saturated rings. The highest BCUT2D eigenvalue weighted by Gasteiger charge is 2.25. The van der Waals surface area contributed by atoms with Crippen molar-refractivity contribution < 1.29 is 4.79 Å². The van der Waals surface area contributed by atoms with Crippen LogP contribution in [0, 0.1) is 0 Å². The molecule has 7 heteroatoms. The molecule has 1 aromatic heterocycles. The number of likely N-dealkylation sites (tertiary alicyclic amines) is 1. The molecule has 0 aliphatic carbocycles. The maximum absolute atomic E-state index is 11.8. The molecule has 1 unspecified atom stereocenters. The van der Waals surface area contributed by atoms with Crippen molar-refractivity contribution >= 4 is 11.9 Å². The van der Waals surface area contributed by atoms with E-state index in [4.69, 9.17) is 0 Å². The predicted octanol–water partition coefficient (Wildman–Crippen LogP) is 1.55. The van der Waals surface area contributed by atoms with Crippen molar-refractivity contribution in [1.29, 1.82) is 0 Å². The van der Waals surface area contributed by atoms with E-state index in [0.29, 0.717) is 13.0 Å². The van der Waals surface area contributed by atoms with E-state index >= 15 is 0 Å². The lowest BCUT2D eigenvalue weighted by atomic mass is 10.2. The summed E-state index contributed by atoms with van der Waals surface area (Å²) in [6.07, 6.45) is 5.21. The SMILES string of the molecule is CCC(=O)N1CCC(NC(=NC)NCc2ccccc2-n2cccn2)C1. The Hall–Kier alpha value is -2.83. The summed E-state index contributed by atoms with van der Waals surface area (Å²) < 4.78 is 1.86. The minimum Gasteiger partial charge on any atom is -0.352 e. The molecule has 0 bridgehead atoms. The molecule has 2 aromatic rings. The number of carbonyl (C=O) groups is 1. The zero-order valence-corrected chi connectivity index (χ0v) is 15.4. The van der Waals surface area contributed by atoms with Gasteiger partial charge in [0.1, 0.15) is 0 Å². The van der Waals surface area contributed by atoms with Crippen molar-refractivity contribution in [3.05, 3.63) is 48.3 Å². The largest absolute Gasteiger partial charge is 0.352 e. The van der Waals surface area contributed by atoms with Crippen molar-refractivity contribution in [2.24, 2.45) is 4.99 Å². The Morgan fingerprint density at radius 3 is 2.92 bits per heavy atom. The van der Waals surface area contributed by atoms with Gasteiger partial charge in [-0.25, -0.2) is 4.68 Å². The van der Waals surface area contributed by atoms with Crippen LogP contribution in [0.4, 0.5) is 0 Å². The van der Waals surface area contributed by atoms with E-state index in [-0.39, 0.29) is 11.9 Å². The number of benzene rings is 1. The van der Waals surface area contributed by atoms with Gasteiger partial charge in [-0.15, -0.1) is 0 Å². The van der Waals surface area contributed by atoms with E-state index in [2.05, 4.69) is 26.8 Å². The molecule has 1 atom stereocenters. The minimum atomic E-state index is 0.213. The fraction of sp³-hybridized carbons (Fsp3) is 0.421. The second-order valence-electron chi connectivity index (χ2n) is 6.33. The van der Waals surface area contributed by atoms with Crippen molar-refractivity contribution in [2.75, 3.05) is 20.1 Å². The van der Waals surface area contributed by atoms with Gasteiger partial charge in [-0.2, -0.15) is 5.10 Å². The first-order valence-electron chi connectivity index (χ1n) is 9.04. The molecule has 3 rings (SSSR count). The van der Waals surface area contributed by atoms with E-state index in [9.17, 15) is 4.79 Å². The van der Waals surface area contributed by atoms with Crippen LogP contribution in [0.25, 0.3) is 5.69 Å². The number of rotatable bonds is 5. The van der Waals surface area contributed by atoms with Crippen LogP contribution < -0.4 is 10.6 Å². The number of aromatic nitrogens is 2. The second-order valence-corrected chi connectivity index (χ2v) is 6.33. The molecule has 1 aliphatic rings. The van der Waals surface area contributed by atoms with Gasteiger partial charge in [0.15, 0.2) is 5.96 Å². The highest BCUT2D eigenvalue weighted by Crippen LogP contribution is 2.13. The highest BCUT2D eigenvalue weighted by atomic mass is 16.2. The summed E-state index contributed by atoms with van der Waals surface area (Å²) in [5, 5.41) is 11.1. The van der Waals surface area contributed by atoms with Gasteiger partial charge in [0.25, 0.3) is 0 Å². The molecule has 26 heavy (non-hydrogen) atoms. The van der Waals surface area contributed by atoms with Gasteiger partial charge in [0, 0.05) is 51.5 Å². The molecule has 1 aliphatic heterocycles. The smallest absolute Gasteiger partial charge is 0.222 e. The van der Waals surface area contributed by atoms with Crippen molar-refractivity contribution in [3.8, 4) is 5.69 Å². The molecule has 0 spiro atoms. The lowest BCUT2D eigenvalue weighted by Crippen LogP contribution is -2.44. The summed E-state index contributed by atoms with van der Waals surface area (Å²) in [4.78, 5) is 18.1. The molecule has 2 heterocycles. The third-order valence-electron chi connectivity index (χ3n) is 4.60. The van der Waals surface area contributed by atoms with E-state index in [1.165, 1.54) is 0 Å². The number of aliphatic imine (C=N–C) groups is 1. The molecule has 7 nitrogen and oxygen atoms in total. The average Bonchev–Trinajstić information content (AvgIpc) is 3.36. The fourth-order valence-corrected chi connectivity index (χ4v) is 3.19. The topological polar surface area (TPSA) is 74.6 Å². The third kappa shape index (κ3) is 4.22. The maximum atomic E-state index is 11.8. The first-order chi connectivity index (χ1) is 12.7. The first kappa shape index (κ1) is 18.0. The normalized spacial score (nSPS) is 17.4. The summed E-state index contributed by atoms with van der Waals surface area (Å²) in [6.45, 7) is 4.08. The standard InChI is InChI=1S/C19H26N6O/c1-3-18(26)24-12-9-16(14-24)23-19(20-2)21-13-15-7-4-5-8-17(15)25-11-6-10-22-25/h4-8,10-11,16H,3,9,12-14H2,1-2H3,(H2,20,21,23). The Morgan fingerprint density at radius 2 is 2.19 bits per heavy atom. The van der Waals surface area contributed by atoms with Crippen LogP contribution >= 0.6 is 0 Å². The van der Waals surface area contributed by atoms with Crippen LogP contribution in [-0.2, 0) is 11.3 Å². The van der Waals surface area contributed by atoms with Gasteiger partial charge in [0.05, 0.1) is 5.69 Å². The maximum Gasteiger partial charge on any atom is 0.222 e. The van der Waals surface area contributed by atoms with Crippen molar-refractivity contribution in [3.63, 3.8) is 0 Å². The van der Waals surface area contributed by atoms with Gasteiger partial charge in [-0.3, -0.25) is 9.79 Å². The van der Waals surface area contributed by atoms with Crippen LogP contribution in [0.3, 0.4) is 0 Å². The number of nitrogens with one attached hydrogen (secondary N) is 2. The first-order valence-corrected chi connectivity index (χ1v) is 9.04. The number of guanidine groups is 1. The fourth-order valence-electron chi connectivity index (χ4n) is 3.19. The molecular weight excluding hydrogens is 328 g/mol. The lowest BCUT2D eigenvalue weighted by Gasteiger charge is -2.19. The Kier molecular flexibility index (Phi) is 5.88. The summed E-state index contributed by atoms with van der Waals surface area (Å²) >= 11 is 0. The van der Waals surface area contributed by atoms with Crippen molar-refractivity contribution in [2.45, 2.75) is 32.4 Å². The average molecular weight is 354 g/mol. The molecule has 2 N–H and O–H groups in total. The zero-order chi connectivity index (χ0) is 18.4. The summed E-state index contributed by atoms with van der Waals surface area (Å²) in [7, 11) is 1.76. The lowest BCUT2D eigenvalue weighted by molar-refractivity contribution is -0.129. The summed E-state index contributed by atoms with van der Waals surface area (Å²) in [5.41, 5.74) is 2.18. The van der Waals surface area contributed by atoms with E-state index in [1.807, 2.05) is 47.0 Å². The van der Waals surface area contributed by atoms with Crippen LogP contribution in [0.2, 0.25) is 0 Å². The van der Waals surface area contributed by atoms with E-state index < -0.39 is 0 Å². The number of hydrogen-bond acceptors (Lipinski definition) is 3. The van der Waals surface area contributed by atoms with Crippen LogP contribution in [0.1, 0.15) is 25.3 Å². The monoisotopic (exact) mass is 354 g/mol. The Labute approximate surface area is 154 Å². The van der Waals surface area contributed by atoms with Gasteiger partial charge in [0.2, 0.25) is 5.91 Å². The molecule has 1 amide bonds. The van der Waals surface area contributed by atoms with Crippen LogP contribution in [0.15, 0.2) is 47.7 Å². The predicted molar refractivity (Wildman–Crippen MR) is 102 cm³/mol. The number of hydrogen-bond donors (Lipinski definition) is 2. The second kappa shape index (κ2) is 8.51. The van der Waals surface area contributed by atoms with Crippen molar-refractivity contribution in [1.82, 2.24) is 25.3 Å². The number of carbonyl (C=O) groups excluding carboxylic acids is 1. The quantitative estimate of drug-likeness (QED) is 0.631. The highest BCUT2D eigenvalue weighted by molar-refractivity contribution is 5.80. The Bertz CT molecular complexity index is 755. The minimum absolute atomic E-state index is 0.213. The van der Waals surface area contributed by atoms with Gasteiger partial charge < -0.3 is 15.5 Å². The van der Waals surface area contributed by atoms with Crippen LogP contribution in [0.5, 0.6) is 0 Å². The van der Waals surface area contributed by atoms with Gasteiger partial charge in [-0.05, 0) is 24.1 Å². The molecule has 0 saturated carbocycles. The Balaban J connectivity index is 1.58. The molecule has 0 radical (unpaired) electrons. The van der Waals surface area contributed by atoms with E-state index in [0.717, 1.165) is 36.7 Å². The van der Waals surface area contributed by atoms with Gasteiger partial charge >= 0.3 is 0 Å².